The van der Waals surface area contributed by atoms with Crippen molar-refractivity contribution in [3.8, 4) is 0 Å². The predicted molar refractivity (Wildman–Crippen MR) is 76.2 cm³/mol. The highest BCUT2D eigenvalue weighted by Gasteiger charge is 2.06. The van der Waals surface area contributed by atoms with E-state index in [9.17, 15) is 4.79 Å². The maximum atomic E-state index is 11.0. The number of nitrogens with zero attached hydrogens (tertiary/aromatic N) is 2. The second-order valence-electron chi connectivity index (χ2n) is 4.24. The highest BCUT2D eigenvalue weighted by atomic mass is 16.4. The Bertz CT molecular complexity index is 781. The molecule has 0 radical (unpaired) electrons. The summed E-state index contributed by atoms with van der Waals surface area (Å²) >= 11 is 0. The largest absolute Gasteiger partial charge is 0.478 e. The van der Waals surface area contributed by atoms with Crippen LogP contribution in [0.1, 0.15) is 10.4 Å². The molecule has 98 valence electrons. The first-order chi connectivity index (χ1) is 9.74. The summed E-state index contributed by atoms with van der Waals surface area (Å²) in [6.07, 6.45) is 3.20. The smallest absolute Gasteiger partial charge is 0.335 e. The molecule has 5 heteroatoms. The van der Waals surface area contributed by atoms with Gasteiger partial charge in [0.2, 0.25) is 0 Å². The van der Waals surface area contributed by atoms with Crippen molar-refractivity contribution in [2.24, 2.45) is 0 Å². The van der Waals surface area contributed by atoms with E-state index in [0.29, 0.717) is 5.82 Å². The quantitative estimate of drug-likeness (QED) is 0.761. The molecule has 20 heavy (non-hydrogen) atoms. The number of hydrogen-bond donors (Lipinski definition) is 2. The minimum atomic E-state index is -0.977. The number of anilines is 2. The van der Waals surface area contributed by atoms with Crippen LogP contribution in [-0.4, -0.2) is 21.0 Å². The zero-order valence-electron chi connectivity index (χ0n) is 10.4. The van der Waals surface area contributed by atoms with Crippen LogP contribution in [-0.2, 0) is 0 Å². The molecule has 1 aromatic carbocycles. The fourth-order valence-electron chi connectivity index (χ4n) is 1.98. The van der Waals surface area contributed by atoms with Crippen molar-refractivity contribution in [1.82, 2.24) is 9.97 Å². The molecule has 2 N–H and O–H groups in total. The molecule has 2 aromatic heterocycles. The first-order valence-corrected chi connectivity index (χ1v) is 6.04. The second-order valence-corrected chi connectivity index (χ2v) is 4.24. The van der Waals surface area contributed by atoms with Gasteiger partial charge in [0.05, 0.1) is 11.1 Å². The number of carbonyl (C=O) groups is 1. The Hall–Kier alpha value is -2.95. The first kappa shape index (κ1) is 12.1. The topological polar surface area (TPSA) is 75.1 Å². The van der Waals surface area contributed by atoms with Crippen LogP contribution >= 0.6 is 0 Å². The van der Waals surface area contributed by atoms with Gasteiger partial charge in [0.15, 0.2) is 0 Å². The number of fused-ring (bicyclic) bond motifs is 1. The number of pyridine rings is 2. The maximum Gasteiger partial charge on any atom is 0.335 e. The Balaban J connectivity index is 2.01. The minimum Gasteiger partial charge on any atom is -0.478 e. The van der Waals surface area contributed by atoms with Crippen LogP contribution in [0.3, 0.4) is 0 Å². The van der Waals surface area contributed by atoms with Crippen LogP contribution in [0, 0.1) is 0 Å². The summed E-state index contributed by atoms with van der Waals surface area (Å²) in [6, 6.07) is 12.5. The Kier molecular flexibility index (Phi) is 3.01. The van der Waals surface area contributed by atoms with E-state index < -0.39 is 5.97 Å². The molecule has 0 saturated carbocycles. The molecular formula is C15H11N3O2. The van der Waals surface area contributed by atoms with Gasteiger partial charge in [0.1, 0.15) is 5.82 Å². The van der Waals surface area contributed by atoms with Gasteiger partial charge in [-0.2, -0.15) is 0 Å². The standard InChI is InChI=1S/C15H11N3O2/c19-15(20)10-6-8-17-14(9-10)18-13-5-1-4-12-11(13)3-2-7-16-12/h1-9H,(H,17,18)(H,19,20). The van der Waals surface area contributed by atoms with Crippen molar-refractivity contribution in [2.75, 3.05) is 5.32 Å². The number of nitrogens with one attached hydrogen (secondary N) is 1. The summed E-state index contributed by atoms with van der Waals surface area (Å²) in [5.74, 6) is -0.490. The Morgan fingerprint density at radius 2 is 1.95 bits per heavy atom. The van der Waals surface area contributed by atoms with Gasteiger partial charge in [-0.1, -0.05) is 6.07 Å². The third-order valence-corrected chi connectivity index (χ3v) is 2.92. The molecule has 3 rings (SSSR count). The van der Waals surface area contributed by atoms with E-state index in [0.717, 1.165) is 16.6 Å². The van der Waals surface area contributed by atoms with Crippen molar-refractivity contribution < 1.29 is 9.90 Å². The third-order valence-electron chi connectivity index (χ3n) is 2.92. The summed E-state index contributed by atoms with van der Waals surface area (Å²) in [4.78, 5) is 19.4. The third kappa shape index (κ3) is 2.29. The van der Waals surface area contributed by atoms with E-state index in [-0.39, 0.29) is 5.56 Å². The summed E-state index contributed by atoms with van der Waals surface area (Å²) in [7, 11) is 0. The van der Waals surface area contributed by atoms with Crippen molar-refractivity contribution in [3.63, 3.8) is 0 Å². The lowest BCUT2D eigenvalue weighted by atomic mass is 10.2. The molecule has 0 aliphatic carbocycles. The number of benzene rings is 1. The van der Waals surface area contributed by atoms with Crippen LogP contribution in [0.4, 0.5) is 11.5 Å². The molecule has 5 nitrogen and oxygen atoms in total. The highest BCUT2D eigenvalue weighted by Crippen LogP contribution is 2.24. The van der Waals surface area contributed by atoms with Gasteiger partial charge in [-0.3, -0.25) is 4.98 Å². The predicted octanol–water partition coefficient (Wildman–Crippen LogP) is 3.07. The second kappa shape index (κ2) is 4.97. The summed E-state index contributed by atoms with van der Waals surface area (Å²) < 4.78 is 0. The highest BCUT2D eigenvalue weighted by molar-refractivity contribution is 5.93. The summed E-state index contributed by atoms with van der Waals surface area (Å²) in [5, 5.41) is 13.1. The maximum absolute atomic E-state index is 11.0. The van der Waals surface area contributed by atoms with Gasteiger partial charge in [0, 0.05) is 23.5 Å². The molecule has 0 bridgehead atoms. The number of carboxylic acids is 1. The van der Waals surface area contributed by atoms with E-state index in [1.165, 1.54) is 18.3 Å². The number of aromatic nitrogens is 2. The zero-order chi connectivity index (χ0) is 13.9. The lowest BCUT2D eigenvalue weighted by Crippen LogP contribution is -2.00. The summed E-state index contributed by atoms with van der Waals surface area (Å²) in [5.41, 5.74) is 1.90. The van der Waals surface area contributed by atoms with Crippen LogP contribution in [0.25, 0.3) is 10.9 Å². The minimum absolute atomic E-state index is 0.195. The van der Waals surface area contributed by atoms with Crippen LogP contribution in [0.5, 0.6) is 0 Å². The fourth-order valence-corrected chi connectivity index (χ4v) is 1.98. The number of carboxylic acid groups (broad SMARTS) is 1. The molecule has 0 amide bonds. The molecule has 0 fully saturated rings. The Morgan fingerprint density at radius 1 is 1.05 bits per heavy atom. The number of hydrogen-bond acceptors (Lipinski definition) is 4. The Morgan fingerprint density at radius 3 is 2.80 bits per heavy atom. The SMILES string of the molecule is O=C(O)c1ccnc(Nc2cccc3ncccc23)c1. The molecular weight excluding hydrogens is 254 g/mol. The number of rotatable bonds is 3. The lowest BCUT2D eigenvalue weighted by molar-refractivity contribution is 0.0697. The average Bonchev–Trinajstić information content (AvgIpc) is 2.48. The van der Waals surface area contributed by atoms with E-state index >= 15 is 0 Å². The average molecular weight is 265 g/mol. The molecule has 0 unspecified atom stereocenters. The van der Waals surface area contributed by atoms with Gasteiger partial charge in [-0.25, -0.2) is 9.78 Å². The van der Waals surface area contributed by atoms with Gasteiger partial charge in [-0.05, 0) is 36.4 Å². The van der Waals surface area contributed by atoms with Gasteiger partial charge in [0.25, 0.3) is 0 Å². The summed E-state index contributed by atoms with van der Waals surface area (Å²) in [6.45, 7) is 0. The monoisotopic (exact) mass is 265 g/mol. The zero-order valence-corrected chi connectivity index (χ0v) is 10.4. The first-order valence-electron chi connectivity index (χ1n) is 6.04. The molecule has 2 heterocycles. The van der Waals surface area contributed by atoms with Gasteiger partial charge >= 0.3 is 5.97 Å². The van der Waals surface area contributed by atoms with Crippen molar-refractivity contribution in [3.05, 3.63) is 60.4 Å². The van der Waals surface area contributed by atoms with E-state index in [2.05, 4.69) is 15.3 Å². The molecule has 0 spiro atoms. The van der Waals surface area contributed by atoms with E-state index in [1.807, 2.05) is 30.3 Å². The Labute approximate surface area is 114 Å². The van der Waals surface area contributed by atoms with Crippen molar-refractivity contribution in [1.29, 1.82) is 0 Å². The van der Waals surface area contributed by atoms with E-state index in [4.69, 9.17) is 5.11 Å². The fraction of sp³-hybridized carbons (Fsp3) is 0. The van der Waals surface area contributed by atoms with Crippen molar-refractivity contribution >= 4 is 28.4 Å². The molecule has 0 aliphatic rings. The van der Waals surface area contributed by atoms with Crippen LogP contribution in [0.15, 0.2) is 54.9 Å². The molecule has 3 aromatic rings. The number of aromatic carboxylic acids is 1. The molecule has 0 aliphatic heterocycles. The normalized spacial score (nSPS) is 10.4. The molecule has 0 atom stereocenters. The lowest BCUT2D eigenvalue weighted by Gasteiger charge is -2.09. The van der Waals surface area contributed by atoms with E-state index in [1.54, 1.807) is 6.20 Å². The van der Waals surface area contributed by atoms with Crippen molar-refractivity contribution in [2.45, 2.75) is 0 Å². The molecule has 0 saturated heterocycles. The van der Waals surface area contributed by atoms with Crippen LogP contribution in [0.2, 0.25) is 0 Å². The van der Waals surface area contributed by atoms with Crippen LogP contribution < -0.4 is 5.32 Å². The van der Waals surface area contributed by atoms with Gasteiger partial charge in [-0.15, -0.1) is 0 Å². The van der Waals surface area contributed by atoms with Gasteiger partial charge < -0.3 is 10.4 Å².